The molecular formula is C14H13BrFNO2. The summed E-state index contributed by atoms with van der Waals surface area (Å²) >= 11 is 3.30. The monoisotopic (exact) mass is 325 g/mol. The zero-order valence-corrected chi connectivity index (χ0v) is 11.8. The second-order valence-corrected chi connectivity index (χ2v) is 4.98. The minimum Gasteiger partial charge on any atom is -0.497 e. The van der Waals surface area contributed by atoms with Gasteiger partial charge in [0, 0.05) is 27.4 Å². The Bertz CT molecular complexity index is 604. The third-order valence-corrected chi connectivity index (χ3v) is 3.34. The van der Waals surface area contributed by atoms with Gasteiger partial charge in [0.1, 0.15) is 17.7 Å². The molecule has 0 aliphatic carbocycles. The SMILES string of the molecule is COc1ccc(C(O)c2cc(Br)ccc2N)c(F)c1. The molecule has 2 aromatic carbocycles. The fraction of sp³-hybridized carbons (Fsp3) is 0.143. The lowest BCUT2D eigenvalue weighted by Gasteiger charge is -2.15. The van der Waals surface area contributed by atoms with Gasteiger partial charge in [0.2, 0.25) is 0 Å². The molecule has 0 aliphatic rings. The number of methoxy groups -OCH3 is 1. The van der Waals surface area contributed by atoms with E-state index >= 15 is 0 Å². The average molecular weight is 326 g/mol. The number of benzene rings is 2. The number of nitrogens with two attached hydrogens (primary N) is 1. The standard InChI is InChI=1S/C14H13BrFNO2/c1-19-9-3-4-10(12(16)7-9)14(18)11-6-8(15)2-5-13(11)17/h2-7,14,18H,17H2,1H3. The van der Waals surface area contributed by atoms with Gasteiger partial charge >= 0.3 is 0 Å². The Morgan fingerprint density at radius 1 is 1.21 bits per heavy atom. The van der Waals surface area contributed by atoms with Gasteiger partial charge in [-0.25, -0.2) is 4.39 Å². The van der Waals surface area contributed by atoms with Crippen molar-refractivity contribution < 1.29 is 14.2 Å². The second kappa shape index (κ2) is 5.59. The number of aliphatic hydroxyl groups excluding tert-OH is 1. The van der Waals surface area contributed by atoms with Crippen LogP contribution in [0.25, 0.3) is 0 Å². The fourth-order valence-corrected chi connectivity index (χ4v) is 2.19. The molecule has 1 atom stereocenters. The highest BCUT2D eigenvalue weighted by Gasteiger charge is 2.18. The van der Waals surface area contributed by atoms with Crippen LogP contribution >= 0.6 is 15.9 Å². The first kappa shape index (κ1) is 13.8. The van der Waals surface area contributed by atoms with E-state index in [4.69, 9.17) is 10.5 Å². The number of halogens is 2. The molecule has 5 heteroatoms. The van der Waals surface area contributed by atoms with E-state index in [1.54, 1.807) is 24.3 Å². The molecular weight excluding hydrogens is 313 g/mol. The van der Waals surface area contributed by atoms with Crippen molar-refractivity contribution in [1.29, 1.82) is 0 Å². The molecule has 3 nitrogen and oxygen atoms in total. The average Bonchev–Trinajstić information content (AvgIpc) is 2.40. The minimum absolute atomic E-state index is 0.158. The topological polar surface area (TPSA) is 55.5 Å². The van der Waals surface area contributed by atoms with E-state index in [2.05, 4.69) is 15.9 Å². The van der Waals surface area contributed by atoms with Crippen LogP contribution < -0.4 is 10.5 Å². The Hall–Kier alpha value is -1.59. The number of anilines is 1. The molecule has 0 saturated carbocycles. The third kappa shape index (κ3) is 2.88. The summed E-state index contributed by atoms with van der Waals surface area (Å²) in [4.78, 5) is 0. The van der Waals surface area contributed by atoms with Crippen molar-refractivity contribution in [2.75, 3.05) is 12.8 Å². The Labute approximate surface area is 118 Å². The van der Waals surface area contributed by atoms with Crippen molar-refractivity contribution in [3.8, 4) is 5.75 Å². The highest BCUT2D eigenvalue weighted by molar-refractivity contribution is 9.10. The van der Waals surface area contributed by atoms with Gasteiger partial charge < -0.3 is 15.6 Å². The number of aliphatic hydroxyl groups is 1. The molecule has 19 heavy (non-hydrogen) atoms. The Balaban J connectivity index is 2.43. The van der Waals surface area contributed by atoms with Crippen LogP contribution in [-0.4, -0.2) is 12.2 Å². The Morgan fingerprint density at radius 2 is 1.95 bits per heavy atom. The number of hydrogen-bond acceptors (Lipinski definition) is 3. The quantitative estimate of drug-likeness (QED) is 0.851. The molecule has 2 rings (SSSR count). The molecule has 0 aliphatic heterocycles. The van der Waals surface area contributed by atoms with Crippen LogP contribution in [0.5, 0.6) is 5.75 Å². The Kier molecular flexibility index (Phi) is 4.07. The summed E-state index contributed by atoms with van der Waals surface area (Å²) < 4.78 is 19.6. The third-order valence-electron chi connectivity index (χ3n) is 2.85. The van der Waals surface area contributed by atoms with Gasteiger partial charge in [-0.1, -0.05) is 15.9 Å². The van der Waals surface area contributed by atoms with Crippen molar-refractivity contribution >= 4 is 21.6 Å². The summed E-state index contributed by atoms with van der Waals surface area (Å²) in [7, 11) is 1.46. The molecule has 0 radical (unpaired) electrons. The molecule has 0 heterocycles. The molecule has 0 fully saturated rings. The zero-order valence-electron chi connectivity index (χ0n) is 10.2. The van der Waals surface area contributed by atoms with E-state index < -0.39 is 11.9 Å². The molecule has 3 N–H and O–H groups in total. The van der Waals surface area contributed by atoms with Crippen LogP contribution in [0.2, 0.25) is 0 Å². The van der Waals surface area contributed by atoms with Crippen molar-refractivity contribution in [3.05, 3.63) is 57.8 Å². The van der Waals surface area contributed by atoms with E-state index in [-0.39, 0.29) is 5.56 Å². The summed E-state index contributed by atoms with van der Waals surface area (Å²) in [6, 6.07) is 9.39. The Morgan fingerprint density at radius 3 is 2.58 bits per heavy atom. The minimum atomic E-state index is -1.12. The van der Waals surface area contributed by atoms with Gasteiger partial charge in [0.05, 0.1) is 7.11 Å². The number of hydrogen-bond donors (Lipinski definition) is 2. The maximum atomic E-state index is 13.9. The van der Waals surface area contributed by atoms with Crippen LogP contribution in [-0.2, 0) is 0 Å². The lowest BCUT2D eigenvalue weighted by molar-refractivity contribution is 0.215. The van der Waals surface area contributed by atoms with E-state index in [1.807, 2.05) is 0 Å². The molecule has 1 unspecified atom stereocenters. The normalized spacial score (nSPS) is 12.2. The first-order valence-corrected chi connectivity index (χ1v) is 6.38. The van der Waals surface area contributed by atoms with Crippen LogP contribution in [0.1, 0.15) is 17.2 Å². The highest BCUT2D eigenvalue weighted by Crippen LogP contribution is 2.31. The van der Waals surface area contributed by atoms with Gasteiger partial charge in [-0.2, -0.15) is 0 Å². The zero-order chi connectivity index (χ0) is 14.0. The van der Waals surface area contributed by atoms with Crippen molar-refractivity contribution in [1.82, 2.24) is 0 Å². The fourth-order valence-electron chi connectivity index (χ4n) is 1.81. The van der Waals surface area contributed by atoms with Crippen molar-refractivity contribution in [3.63, 3.8) is 0 Å². The number of rotatable bonds is 3. The van der Waals surface area contributed by atoms with Crippen LogP contribution in [0.15, 0.2) is 40.9 Å². The predicted molar refractivity (Wildman–Crippen MR) is 75.6 cm³/mol. The van der Waals surface area contributed by atoms with Gasteiger partial charge in [-0.3, -0.25) is 0 Å². The lowest BCUT2D eigenvalue weighted by Crippen LogP contribution is -2.06. The first-order chi connectivity index (χ1) is 9.02. The first-order valence-electron chi connectivity index (χ1n) is 5.59. The van der Waals surface area contributed by atoms with Gasteiger partial charge in [-0.05, 0) is 30.3 Å². The molecule has 0 saturated heterocycles. The molecule has 100 valence electrons. The van der Waals surface area contributed by atoms with Crippen LogP contribution in [0.3, 0.4) is 0 Å². The predicted octanol–water partition coefficient (Wildman–Crippen LogP) is 3.26. The molecule has 0 amide bonds. The van der Waals surface area contributed by atoms with E-state index in [0.717, 1.165) is 4.47 Å². The molecule has 0 bridgehead atoms. The van der Waals surface area contributed by atoms with Gasteiger partial charge in [0.25, 0.3) is 0 Å². The summed E-state index contributed by atoms with van der Waals surface area (Å²) in [6.07, 6.45) is -1.12. The summed E-state index contributed by atoms with van der Waals surface area (Å²) in [6.45, 7) is 0. The molecule has 0 spiro atoms. The summed E-state index contributed by atoms with van der Waals surface area (Å²) in [5.74, 6) is -0.137. The van der Waals surface area contributed by atoms with Gasteiger partial charge in [0.15, 0.2) is 0 Å². The highest BCUT2D eigenvalue weighted by atomic mass is 79.9. The van der Waals surface area contributed by atoms with Crippen molar-refractivity contribution in [2.24, 2.45) is 0 Å². The van der Waals surface area contributed by atoms with Gasteiger partial charge in [-0.15, -0.1) is 0 Å². The smallest absolute Gasteiger partial charge is 0.133 e. The van der Waals surface area contributed by atoms with E-state index in [0.29, 0.717) is 17.0 Å². The number of nitrogen functional groups attached to an aromatic ring is 1. The summed E-state index contributed by atoms with van der Waals surface area (Å²) in [5, 5.41) is 10.3. The lowest BCUT2D eigenvalue weighted by atomic mass is 9.99. The van der Waals surface area contributed by atoms with Crippen LogP contribution in [0.4, 0.5) is 10.1 Å². The van der Waals surface area contributed by atoms with E-state index in [1.165, 1.54) is 19.2 Å². The largest absolute Gasteiger partial charge is 0.497 e. The number of ether oxygens (including phenoxy) is 1. The maximum absolute atomic E-state index is 13.9. The maximum Gasteiger partial charge on any atom is 0.133 e. The second-order valence-electron chi connectivity index (χ2n) is 4.06. The molecule has 2 aromatic rings. The molecule has 0 aromatic heterocycles. The van der Waals surface area contributed by atoms with Crippen LogP contribution in [0, 0.1) is 5.82 Å². The van der Waals surface area contributed by atoms with E-state index in [9.17, 15) is 9.50 Å². The van der Waals surface area contributed by atoms with Crippen molar-refractivity contribution in [2.45, 2.75) is 6.10 Å². The summed E-state index contributed by atoms with van der Waals surface area (Å²) in [5.41, 5.74) is 6.83.